The van der Waals surface area contributed by atoms with Crippen molar-refractivity contribution in [3.8, 4) is 6.07 Å². The van der Waals surface area contributed by atoms with Gasteiger partial charge in [-0.25, -0.2) is 0 Å². The van der Waals surface area contributed by atoms with Crippen LogP contribution >= 0.6 is 0 Å². The number of hydrogen-bond acceptors (Lipinski definition) is 1. The first-order valence-electron chi connectivity index (χ1n) is 1.33. The molecule has 0 rings (SSSR count). The van der Waals surface area contributed by atoms with E-state index in [1.165, 1.54) is 0 Å². The molecule has 1 nitrogen and oxygen atoms in total. The van der Waals surface area contributed by atoms with Crippen molar-refractivity contribution in [2.24, 2.45) is 0 Å². The second kappa shape index (κ2) is 3.70. The first kappa shape index (κ1) is 4.70. The maximum atomic E-state index is 7.71. The highest BCUT2D eigenvalue weighted by molar-refractivity contribution is 4.90. The molecule has 0 saturated carbocycles. The molecule has 0 spiro atoms. The Balaban J connectivity index is 3.91. The van der Waals surface area contributed by atoms with Crippen molar-refractivity contribution in [2.45, 2.75) is 0 Å². The SMILES string of the molecule is C=C=C=[C+]C#N. The first-order valence-corrected chi connectivity index (χ1v) is 1.33. The summed E-state index contributed by atoms with van der Waals surface area (Å²) < 4.78 is 0. The Kier molecular flexibility index (Phi) is 2.90. The van der Waals surface area contributed by atoms with Crippen molar-refractivity contribution in [2.75, 3.05) is 0 Å². The summed E-state index contributed by atoms with van der Waals surface area (Å²) in [6, 6.07) is 1.60. The van der Waals surface area contributed by atoms with Gasteiger partial charge in [0.15, 0.2) is 5.73 Å². The van der Waals surface area contributed by atoms with E-state index in [0.717, 1.165) is 0 Å². The van der Waals surface area contributed by atoms with Gasteiger partial charge in [0.2, 0.25) is 5.73 Å². The van der Waals surface area contributed by atoms with E-state index in [9.17, 15) is 0 Å². The van der Waals surface area contributed by atoms with Crippen LogP contribution < -0.4 is 0 Å². The zero-order valence-corrected chi connectivity index (χ0v) is 3.15. The normalized spacial score (nSPS) is 3.17. The van der Waals surface area contributed by atoms with Crippen molar-refractivity contribution < 1.29 is 0 Å². The van der Waals surface area contributed by atoms with Crippen LogP contribution in [-0.2, 0) is 0 Å². The lowest BCUT2D eigenvalue weighted by Crippen LogP contribution is -1.32. The molecule has 0 aliphatic carbocycles. The molecule has 0 fully saturated rings. The maximum absolute atomic E-state index is 7.71. The molecule has 0 radical (unpaired) electrons. The van der Waals surface area contributed by atoms with Crippen LogP contribution in [0.1, 0.15) is 0 Å². The number of allylic oxidation sites excluding steroid dienone is 1. The summed E-state index contributed by atoms with van der Waals surface area (Å²) in [6.45, 7) is 3.15. The molecule has 0 bridgehead atoms. The second-order valence-electron chi connectivity index (χ2n) is 0.539. The molecule has 26 valence electrons. The minimum atomic E-state index is 1.60. The molecule has 1 heteroatoms. The van der Waals surface area contributed by atoms with E-state index in [2.05, 4.69) is 24.1 Å². The Morgan fingerprint density at radius 1 is 1.67 bits per heavy atom. The molecule has 0 saturated heterocycles. The summed E-state index contributed by atoms with van der Waals surface area (Å²) in [6.07, 6.45) is 2.08. The number of hydrogen-bond donors (Lipinski definition) is 0. The molecule has 0 N–H and O–H groups in total. The lowest BCUT2D eigenvalue weighted by molar-refractivity contribution is 1.52. The Bertz CT molecular complexity index is 138. The monoisotopic (exact) mass is 76.0 g/mol. The summed E-state index contributed by atoms with van der Waals surface area (Å²) in [4.78, 5) is 0. The van der Waals surface area contributed by atoms with E-state index in [1.54, 1.807) is 6.07 Å². The average molecular weight is 76.1 g/mol. The van der Waals surface area contributed by atoms with Gasteiger partial charge in [-0.1, -0.05) is 0 Å². The van der Waals surface area contributed by atoms with Gasteiger partial charge in [0, 0.05) is 0 Å². The van der Waals surface area contributed by atoms with Crippen LogP contribution in [0.2, 0.25) is 0 Å². The maximum Gasteiger partial charge on any atom is 0.276 e. The van der Waals surface area contributed by atoms with Crippen LogP contribution in [0, 0.1) is 17.4 Å². The number of nitrogens with zero attached hydrogens (tertiary/aromatic N) is 1. The lowest BCUT2D eigenvalue weighted by atomic mass is 10.6. The molecule has 0 aromatic heterocycles. The molecule has 0 amide bonds. The highest BCUT2D eigenvalue weighted by atomic mass is 14.2. The van der Waals surface area contributed by atoms with E-state index in [1.807, 2.05) is 0 Å². The van der Waals surface area contributed by atoms with Crippen molar-refractivity contribution in [1.29, 1.82) is 5.26 Å². The third kappa shape index (κ3) is 2.70. The minimum absolute atomic E-state index is 1.60. The van der Waals surface area contributed by atoms with Crippen molar-refractivity contribution in [3.63, 3.8) is 0 Å². The van der Waals surface area contributed by atoms with Gasteiger partial charge >= 0.3 is 0 Å². The van der Waals surface area contributed by atoms with Gasteiger partial charge in [-0.2, -0.15) is 5.26 Å². The minimum Gasteiger partial charge on any atom is -0.157 e. The smallest absolute Gasteiger partial charge is 0.157 e. The van der Waals surface area contributed by atoms with E-state index >= 15 is 0 Å². The van der Waals surface area contributed by atoms with E-state index < -0.39 is 0 Å². The van der Waals surface area contributed by atoms with Gasteiger partial charge in [-0.3, -0.25) is 0 Å². The molecular weight excluding hydrogens is 74.1 g/mol. The van der Waals surface area contributed by atoms with Gasteiger partial charge in [-0.05, 0) is 0 Å². The Morgan fingerprint density at radius 3 is 2.50 bits per heavy atom. The van der Waals surface area contributed by atoms with E-state index in [-0.39, 0.29) is 0 Å². The van der Waals surface area contributed by atoms with Crippen molar-refractivity contribution >= 4 is 0 Å². The second-order valence-corrected chi connectivity index (χ2v) is 0.539. The number of nitriles is 1. The van der Waals surface area contributed by atoms with Gasteiger partial charge in [-0.15, -0.1) is 0 Å². The molecule has 0 atom stereocenters. The summed E-state index contributed by atoms with van der Waals surface area (Å²) >= 11 is 0. The highest BCUT2D eigenvalue weighted by Gasteiger charge is 1.63. The highest BCUT2D eigenvalue weighted by Crippen LogP contribution is 1.49. The van der Waals surface area contributed by atoms with Crippen LogP contribution in [0.5, 0.6) is 0 Å². The van der Waals surface area contributed by atoms with Crippen molar-refractivity contribution in [1.82, 2.24) is 0 Å². The molecule has 0 heterocycles. The fourth-order valence-electron chi connectivity index (χ4n) is 0.0721. The van der Waals surface area contributed by atoms with Gasteiger partial charge in [0.05, 0.1) is 6.58 Å². The third-order valence-electron chi connectivity index (χ3n) is 0.207. The van der Waals surface area contributed by atoms with Gasteiger partial charge in [0.1, 0.15) is 0 Å². The summed E-state index contributed by atoms with van der Waals surface area (Å²) in [5.74, 6) is 0. The Hall–Kier alpha value is -1.30. The molecule has 0 aliphatic heterocycles. The van der Waals surface area contributed by atoms with Crippen molar-refractivity contribution in [3.05, 3.63) is 24.1 Å². The number of rotatable bonds is 0. The standard InChI is InChI=1S/C5H2N/c1-2-3-4-5-6/h1H2/q+1. The van der Waals surface area contributed by atoms with Gasteiger partial charge < -0.3 is 0 Å². The molecule has 0 aromatic rings. The zero-order chi connectivity index (χ0) is 4.83. The molecule has 0 unspecified atom stereocenters. The summed E-state index contributed by atoms with van der Waals surface area (Å²) in [5.41, 5.74) is 4.46. The quantitative estimate of drug-likeness (QED) is 0.238. The summed E-state index contributed by atoms with van der Waals surface area (Å²) in [7, 11) is 0. The largest absolute Gasteiger partial charge is 0.276 e. The van der Waals surface area contributed by atoms with Crippen LogP contribution in [0.15, 0.2) is 18.0 Å². The molecule has 0 aliphatic rings. The lowest BCUT2D eigenvalue weighted by Gasteiger charge is -1.19. The predicted molar refractivity (Wildman–Crippen MR) is 21.5 cm³/mol. The molecule has 6 heavy (non-hydrogen) atoms. The first-order chi connectivity index (χ1) is 2.91. The zero-order valence-electron chi connectivity index (χ0n) is 3.15. The van der Waals surface area contributed by atoms with Crippen LogP contribution in [0.4, 0.5) is 0 Å². The fraction of sp³-hybridized carbons (Fsp3) is 0. The fourth-order valence-corrected chi connectivity index (χ4v) is 0.0721. The Morgan fingerprint density at radius 2 is 2.33 bits per heavy atom. The van der Waals surface area contributed by atoms with E-state index in [0.29, 0.717) is 0 Å². The van der Waals surface area contributed by atoms with Gasteiger partial charge in [0.25, 0.3) is 12.1 Å². The van der Waals surface area contributed by atoms with Crippen LogP contribution in [0.3, 0.4) is 0 Å². The average Bonchev–Trinajstić information content (AvgIpc) is 1.61. The molecule has 0 aromatic carbocycles. The Labute approximate surface area is 36.5 Å². The predicted octanol–water partition coefficient (Wildman–Crippen LogP) is 0.809. The van der Waals surface area contributed by atoms with E-state index in [4.69, 9.17) is 5.26 Å². The topological polar surface area (TPSA) is 23.8 Å². The van der Waals surface area contributed by atoms with Crippen LogP contribution in [-0.4, -0.2) is 0 Å². The van der Waals surface area contributed by atoms with Crippen LogP contribution in [0.25, 0.3) is 0 Å². The third-order valence-corrected chi connectivity index (χ3v) is 0.207. The molecular formula is C5H2N+. The summed E-state index contributed by atoms with van der Waals surface area (Å²) in [5, 5.41) is 7.71.